The Morgan fingerprint density at radius 2 is 1.82 bits per heavy atom. The van der Waals surface area contributed by atoms with E-state index in [0.717, 1.165) is 5.56 Å². The van der Waals surface area contributed by atoms with Gasteiger partial charge in [-0.15, -0.1) is 0 Å². The summed E-state index contributed by atoms with van der Waals surface area (Å²) in [6.45, 7) is 6.12. The van der Waals surface area contributed by atoms with Crippen molar-refractivity contribution in [1.82, 2.24) is 4.72 Å². The molecule has 0 saturated carbocycles. The van der Waals surface area contributed by atoms with Crippen molar-refractivity contribution in [2.75, 3.05) is 12.0 Å². The Labute approximate surface area is 136 Å². The molecular formula is C15H23NO4S2. The highest BCUT2D eigenvalue weighted by Gasteiger charge is 2.25. The quantitative estimate of drug-likeness (QED) is 0.793. The van der Waals surface area contributed by atoms with Gasteiger partial charge in [0.15, 0.2) is 0 Å². The summed E-state index contributed by atoms with van der Waals surface area (Å²) < 4.78 is 26.8. The van der Waals surface area contributed by atoms with Crippen LogP contribution < -0.4 is 4.72 Å². The number of hydrogen-bond acceptors (Lipinski definition) is 4. The summed E-state index contributed by atoms with van der Waals surface area (Å²) in [7, 11) is -3.84. The van der Waals surface area contributed by atoms with Gasteiger partial charge >= 0.3 is 5.97 Å². The summed E-state index contributed by atoms with van der Waals surface area (Å²) in [6.07, 6.45) is 2.09. The first-order valence-electron chi connectivity index (χ1n) is 6.92. The molecule has 1 unspecified atom stereocenters. The molecular weight excluding hydrogens is 322 g/mol. The lowest BCUT2D eigenvalue weighted by atomic mass is 9.87. The first kappa shape index (κ1) is 19.0. The Morgan fingerprint density at radius 1 is 1.27 bits per heavy atom. The first-order chi connectivity index (χ1) is 10.1. The van der Waals surface area contributed by atoms with Crippen LogP contribution in [0.1, 0.15) is 32.8 Å². The topological polar surface area (TPSA) is 83.5 Å². The molecule has 22 heavy (non-hydrogen) atoms. The molecule has 0 spiro atoms. The fourth-order valence-corrected chi connectivity index (χ4v) is 3.55. The van der Waals surface area contributed by atoms with Crippen LogP contribution >= 0.6 is 11.8 Å². The number of thioether (sulfide) groups is 1. The first-order valence-corrected chi connectivity index (χ1v) is 9.80. The number of benzene rings is 1. The maximum atomic E-state index is 12.3. The van der Waals surface area contributed by atoms with Crippen molar-refractivity contribution >= 4 is 27.8 Å². The molecule has 1 aromatic rings. The zero-order valence-corrected chi connectivity index (χ0v) is 14.9. The van der Waals surface area contributed by atoms with Crippen LogP contribution in [0, 0.1) is 0 Å². The summed E-state index contributed by atoms with van der Waals surface area (Å²) >= 11 is 1.48. The molecule has 2 N–H and O–H groups in total. The molecule has 0 fully saturated rings. The van der Waals surface area contributed by atoms with E-state index in [2.05, 4.69) is 4.72 Å². The Kier molecular flexibility index (Phi) is 6.46. The number of rotatable bonds is 7. The standard InChI is InChI=1S/C15H23NO4S2/c1-15(2,3)11-5-7-12(8-6-11)22(19,20)16-13(14(17)18)9-10-21-4/h5-8,13,16H,9-10H2,1-4H3,(H,17,18). The Hall–Kier alpha value is -1.05. The summed E-state index contributed by atoms with van der Waals surface area (Å²) in [5, 5.41) is 9.12. The van der Waals surface area contributed by atoms with Crippen molar-refractivity contribution < 1.29 is 18.3 Å². The Bertz CT molecular complexity index is 603. The van der Waals surface area contributed by atoms with Gasteiger partial charge < -0.3 is 5.11 Å². The average molecular weight is 345 g/mol. The summed E-state index contributed by atoms with van der Waals surface area (Å²) in [6, 6.07) is 5.42. The molecule has 0 aliphatic heterocycles. The van der Waals surface area contributed by atoms with Gasteiger partial charge in [0.05, 0.1) is 4.90 Å². The number of carbonyl (C=O) groups is 1. The zero-order chi connectivity index (χ0) is 17.0. The van der Waals surface area contributed by atoms with E-state index in [1.54, 1.807) is 12.1 Å². The number of aliphatic carboxylic acids is 1. The van der Waals surface area contributed by atoms with E-state index in [1.807, 2.05) is 27.0 Å². The highest BCUT2D eigenvalue weighted by molar-refractivity contribution is 7.98. The molecule has 0 aliphatic carbocycles. The lowest BCUT2D eigenvalue weighted by molar-refractivity contribution is -0.139. The van der Waals surface area contributed by atoms with Gasteiger partial charge in [-0.2, -0.15) is 16.5 Å². The molecule has 0 heterocycles. The second-order valence-electron chi connectivity index (χ2n) is 6.07. The minimum atomic E-state index is -3.84. The molecule has 0 aliphatic rings. The number of hydrogen-bond donors (Lipinski definition) is 2. The molecule has 5 nitrogen and oxygen atoms in total. The van der Waals surface area contributed by atoms with Crippen LogP contribution in [0.2, 0.25) is 0 Å². The smallest absolute Gasteiger partial charge is 0.321 e. The van der Waals surface area contributed by atoms with Crippen molar-refractivity contribution in [3.8, 4) is 0 Å². The van der Waals surface area contributed by atoms with Gasteiger partial charge in [-0.25, -0.2) is 8.42 Å². The maximum absolute atomic E-state index is 12.3. The van der Waals surface area contributed by atoms with Crippen molar-refractivity contribution in [2.24, 2.45) is 0 Å². The molecule has 1 atom stereocenters. The third kappa shape index (κ3) is 5.30. The lowest BCUT2D eigenvalue weighted by Crippen LogP contribution is -2.41. The largest absolute Gasteiger partial charge is 0.480 e. The van der Waals surface area contributed by atoms with Crippen LogP contribution in [0.3, 0.4) is 0 Å². The minimum Gasteiger partial charge on any atom is -0.480 e. The third-order valence-electron chi connectivity index (χ3n) is 3.24. The predicted molar refractivity (Wildman–Crippen MR) is 89.9 cm³/mol. The van der Waals surface area contributed by atoms with Crippen LogP contribution in [0.5, 0.6) is 0 Å². The van der Waals surface area contributed by atoms with Crippen molar-refractivity contribution in [1.29, 1.82) is 0 Å². The van der Waals surface area contributed by atoms with Gasteiger partial charge in [0.25, 0.3) is 0 Å². The lowest BCUT2D eigenvalue weighted by Gasteiger charge is -2.19. The number of sulfonamides is 1. The van der Waals surface area contributed by atoms with Crippen LogP contribution in [-0.4, -0.2) is 37.5 Å². The van der Waals surface area contributed by atoms with Crippen LogP contribution in [0.25, 0.3) is 0 Å². The highest BCUT2D eigenvalue weighted by atomic mass is 32.2. The molecule has 0 radical (unpaired) electrons. The Balaban J connectivity index is 2.96. The maximum Gasteiger partial charge on any atom is 0.321 e. The summed E-state index contributed by atoms with van der Waals surface area (Å²) in [4.78, 5) is 11.2. The van der Waals surface area contributed by atoms with Crippen molar-refractivity contribution in [3.63, 3.8) is 0 Å². The van der Waals surface area contributed by atoms with Gasteiger partial charge in [-0.05, 0) is 41.5 Å². The number of carboxylic acids is 1. The second kappa shape index (κ2) is 7.48. The normalized spacial score (nSPS) is 13.8. The fraction of sp³-hybridized carbons (Fsp3) is 0.533. The number of nitrogens with one attached hydrogen (secondary N) is 1. The van der Waals surface area contributed by atoms with Crippen molar-refractivity contribution in [2.45, 2.75) is 43.5 Å². The highest BCUT2D eigenvalue weighted by Crippen LogP contribution is 2.23. The fourth-order valence-electron chi connectivity index (χ4n) is 1.86. The second-order valence-corrected chi connectivity index (χ2v) is 8.77. The predicted octanol–water partition coefficient (Wildman–Crippen LogP) is 2.47. The van der Waals surface area contributed by atoms with E-state index in [9.17, 15) is 13.2 Å². The van der Waals surface area contributed by atoms with Gasteiger partial charge in [-0.3, -0.25) is 4.79 Å². The summed E-state index contributed by atoms with van der Waals surface area (Å²) in [5.74, 6) is -0.591. The SMILES string of the molecule is CSCCC(NS(=O)(=O)c1ccc(C(C)(C)C)cc1)C(=O)O. The van der Waals surface area contributed by atoms with E-state index in [4.69, 9.17) is 5.11 Å². The molecule has 0 amide bonds. The molecule has 1 aromatic carbocycles. The average Bonchev–Trinajstić information content (AvgIpc) is 2.42. The monoisotopic (exact) mass is 345 g/mol. The molecule has 0 aromatic heterocycles. The van der Waals surface area contributed by atoms with Gasteiger partial charge in [0.1, 0.15) is 6.04 Å². The van der Waals surface area contributed by atoms with E-state index in [0.29, 0.717) is 5.75 Å². The Morgan fingerprint density at radius 3 is 2.23 bits per heavy atom. The van der Waals surface area contributed by atoms with E-state index in [1.165, 1.54) is 23.9 Å². The van der Waals surface area contributed by atoms with Gasteiger partial charge in [-0.1, -0.05) is 32.9 Å². The molecule has 124 valence electrons. The van der Waals surface area contributed by atoms with E-state index in [-0.39, 0.29) is 16.7 Å². The van der Waals surface area contributed by atoms with Crippen LogP contribution in [-0.2, 0) is 20.2 Å². The molecule has 0 saturated heterocycles. The van der Waals surface area contributed by atoms with Crippen LogP contribution in [0.15, 0.2) is 29.2 Å². The number of carboxylic acid groups (broad SMARTS) is 1. The van der Waals surface area contributed by atoms with Gasteiger partial charge in [0, 0.05) is 0 Å². The van der Waals surface area contributed by atoms with E-state index >= 15 is 0 Å². The molecule has 1 rings (SSSR count). The van der Waals surface area contributed by atoms with Crippen LogP contribution in [0.4, 0.5) is 0 Å². The molecule has 0 bridgehead atoms. The van der Waals surface area contributed by atoms with E-state index < -0.39 is 22.0 Å². The zero-order valence-electron chi connectivity index (χ0n) is 13.3. The summed E-state index contributed by atoms with van der Waals surface area (Å²) in [5.41, 5.74) is 0.945. The minimum absolute atomic E-state index is 0.0718. The third-order valence-corrected chi connectivity index (χ3v) is 5.37. The van der Waals surface area contributed by atoms with Crippen molar-refractivity contribution in [3.05, 3.63) is 29.8 Å². The van der Waals surface area contributed by atoms with Gasteiger partial charge in [0.2, 0.25) is 10.0 Å². The molecule has 7 heteroatoms.